The summed E-state index contributed by atoms with van der Waals surface area (Å²) in [5.41, 5.74) is 1.85. The lowest BCUT2D eigenvalue weighted by Crippen LogP contribution is -2.45. The van der Waals surface area contributed by atoms with Crippen LogP contribution in [0.5, 0.6) is 0 Å². The molecule has 0 atom stereocenters. The molecule has 7 heteroatoms. The number of aromatic nitrogens is 2. The molecule has 2 fully saturated rings. The van der Waals surface area contributed by atoms with Gasteiger partial charge in [0.25, 0.3) is 0 Å². The minimum absolute atomic E-state index is 0.117. The first-order chi connectivity index (χ1) is 13.2. The molecular formula is C20H26N4OS2. The lowest BCUT2D eigenvalue weighted by atomic mass is 9.93. The van der Waals surface area contributed by atoms with E-state index in [0.717, 1.165) is 53.2 Å². The van der Waals surface area contributed by atoms with Crippen LogP contribution in [0.15, 0.2) is 24.3 Å². The molecule has 2 saturated heterocycles. The normalized spacial score (nSPS) is 19.9. The Bertz CT molecular complexity index is 780. The van der Waals surface area contributed by atoms with Gasteiger partial charge in [0.05, 0.1) is 0 Å². The molecule has 1 aromatic heterocycles. The highest BCUT2D eigenvalue weighted by atomic mass is 32.2. The minimum Gasteiger partial charge on any atom is -0.326 e. The number of hydrogen-bond acceptors (Lipinski definition) is 6. The third-order valence-electron chi connectivity index (χ3n) is 5.51. The number of nitrogens with one attached hydrogen (secondary N) is 1. The Hall–Kier alpha value is -1.44. The smallest absolute Gasteiger partial charge is 0.227 e. The number of thioether (sulfide) groups is 1. The van der Waals surface area contributed by atoms with Crippen molar-refractivity contribution in [3.8, 4) is 10.6 Å². The molecule has 2 aliphatic rings. The van der Waals surface area contributed by atoms with Crippen molar-refractivity contribution in [2.45, 2.75) is 38.6 Å². The molecule has 0 bridgehead atoms. The molecule has 0 saturated carbocycles. The van der Waals surface area contributed by atoms with Gasteiger partial charge in [0, 0.05) is 23.2 Å². The maximum Gasteiger partial charge on any atom is 0.227 e. The van der Waals surface area contributed by atoms with E-state index in [9.17, 15) is 4.79 Å². The van der Waals surface area contributed by atoms with Gasteiger partial charge >= 0.3 is 0 Å². The average molecular weight is 403 g/mol. The Kier molecular flexibility index (Phi) is 6.10. The summed E-state index contributed by atoms with van der Waals surface area (Å²) in [5, 5.41) is 13.2. The van der Waals surface area contributed by atoms with Crippen LogP contribution in [-0.2, 0) is 4.79 Å². The van der Waals surface area contributed by atoms with E-state index in [1.807, 2.05) is 31.2 Å². The van der Waals surface area contributed by atoms with Crippen molar-refractivity contribution >= 4 is 34.7 Å². The maximum absolute atomic E-state index is 12.7. The van der Waals surface area contributed by atoms with Gasteiger partial charge in [0.2, 0.25) is 5.91 Å². The van der Waals surface area contributed by atoms with Crippen LogP contribution in [0.4, 0.5) is 5.69 Å². The molecule has 1 aromatic carbocycles. The van der Waals surface area contributed by atoms with Gasteiger partial charge in [-0.15, -0.1) is 10.2 Å². The number of carbonyl (C=O) groups excluding carboxylic acids is 1. The molecule has 2 aromatic rings. The fourth-order valence-electron chi connectivity index (χ4n) is 3.96. The van der Waals surface area contributed by atoms with Gasteiger partial charge in [-0.25, -0.2) is 0 Å². The molecule has 1 amide bonds. The van der Waals surface area contributed by atoms with Crippen molar-refractivity contribution in [3.05, 3.63) is 29.3 Å². The van der Waals surface area contributed by atoms with Crippen molar-refractivity contribution in [1.82, 2.24) is 15.1 Å². The van der Waals surface area contributed by atoms with E-state index < -0.39 is 0 Å². The van der Waals surface area contributed by atoms with Crippen molar-refractivity contribution < 1.29 is 4.79 Å². The lowest BCUT2D eigenvalue weighted by molar-refractivity contribution is -0.121. The summed E-state index contributed by atoms with van der Waals surface area (Å²) in [7, 11) is 0. The highest BCUT2D eigenvalue weighted by molar-refractivity contribution is 7.99. The van der Waals surface area contributed by atoms with Gasteiger partial charge in [0.15, 0.2) is 0 Å². The zero-order valence-electron chi connectivity index (χ0n) is 15.7. The number of hydrogen-bond donors (Lipinski definition) is 1. The summed E-state index contributed by atoms with van der Waals surface area (Å²) in [5.74, 6) is 2.84. The number of carbonyl (C=O) groups is 1. The first kappa shape index (κ1) is 18.9. The van der Waals surface area contributed by atoms with E-state index in [4.69, 9.17) is 0 Å². The van der Waals surface area contributed by atoms with E-state index in [1.54, 1.807) is 11.3 Å². The standard InChI is InChI=1S/C20H26N4OS2/c1-14-22-23-20(27-14)16-3-2-4-17(13-16)21-19(25)15-5-9-24(10-6-15)18-7-11-26-12-8-18/h2-4,13,15,18H,5-12H2,1H3,(H,21,25). The predicted octanol–water partition coefficient (Wildman–Crippen LogP) is 4.06. The van der Waals surface area contributed by atoms with Crippen LogP contribution in [0.2, 0.25) is 0 Å². The van der Waals surface area contributed by atoms with Crippen molar-refractivity contribution in [2.24, 2.45) is 5.92 Å². The van der Waals surface area contributed by atoms with Crippen LogP contribution in [0.3, 0.4) is 0 Å². The lowest BCUT2D eigenvalue weighted by Gasteiger charge is -2.38. The molecule has 1 N–H and O–H groups in total. The second kappa shape index (κ2) is 8.71. The number of amides is 1. The van der Waals surface area contributed by atoms with Gasteiger partial charge in [-0.05, 0) is 69.3 Å². The molecule has 27 heavy (non-hydrogen) atoms. The maximum atomic E-state index is 12.7. The topological polar surface area (TPSA) is 58.1 Å². The van der Waals surface area contributed by atoms with Crippen LogP contribution < -0.4 is 5.32 Å². The number of piperidine rings is 1. The minimum atomic E-state index is 0.117. The van der Waals surface area contributed by atoms with Gasteiger partial charge in [-0.2, -0.15) is 11.8 Å². The van der Waals surface area contributed by atoms with E-state index in [1.165, 1.54) is 24.3 Å². The third-order valence-corrected chi connectivity index (χ3v) is 7.45. The second-order valence-electron chi connectivity index (χ2n) is 7.35. The van der Waals surface area contributed by atoms with Gasteiger partial charge in [-0.3, -0.25) is 4.79 Å². The fourth-order valence-corrected chi connectivity index (χ4v) is 5.73. The van der Waals surface area contributed by atoms with Gasteiger partial charge in [0.1, 0.15) is 10.0 Å². The summed E-state index contributed by atoms with van der Waals surface area (Å²) in [4.78, 5) is 15.4. The number of nitrogens with zero attached hydrogens (tertiary/aromatic N) is 3. The van der Waals surface area contributed by atoms with Gasteiger partial charge in [-0.1, -0.05) is 23.5 Å². The first-order valence-corrected chi connectivity index (χ1v) is 11.7. The zero-order chi connectivity index (χ0) is 18.6. The molecule has 0 aliphatic carbocycles. The average Bonchev–Trinajstić information content (AvgIpc) is 3.15. The number of likely N-dealkylation sites (tertiary alicyclic amines) is 1. The van der Waals surface area contributed by atoms with Crippen molar-refractivity contribution in [2.75, 3.05) is 29.9 Å². The Balaban J connectivity index is 1.33. The summed E-state index contributed by atoms with van der Waals surface area (Å²) in [6.07, 6.45) is 4.54. The molecule has 3 heterocycles. The van der Waals surface area contributed by atoms with E-state index >= 15 is 0 Å². The van der Waals surface area contributed by atoms with E-state index in [-0.39, 0.29) is 11.8 Å². The molecule has 0 spiro atoms. The highest BCUT2D eigenvalue weighted by Crippen LogP contribution is 2.28. The van der Waals surface area contributed by atoms with Crippen LogP contribution in [0.25, 0.3) is 10.6 Å². The molecule has 4 rings (SSSR count). The highest BCUT2D eigenvalue weighted by Gasteiger charge is 2.29. The molecule has 5 nitrogen and oxygen atoms in total. The van der Waals surface area contributed by atoms with Gasteiger partial charge < -0.3 is 10.2 Å². The van der Waals surface area contributed by atoms with Crippen LogP contribution in [0, 0.1) is 12.8 Å². The molecule has 2 aliphatic heterocycles. The molecule has 0 unspecified atom stereocenters. The van der Waals surface area contributed by atoms with E-state index in [0.29, 0.717) is 0 Å². The molecule has 0 radical (unpaired) electrons. The Morgan fingerprint density at radius 3 is 2.63 bits per heavy atom. The van der Waals surface area contributed by atoms with Crippen LogP contribution in [-0.4, -0.2) is 51.6 Å². The fraction of sp³-hybridized carbons (Fsp3) is 0.550. The predicted molar refractivity (Wildman–Crippen MR) is 113 cm³/mol. The molecule has 144 valence electrons. The number of benzene rings is 1. The summed E-state index contributed by atoms with van der Waals surface area (Å²) < 4.78 is 0. The number of aryl methyl sites for hydroxylation is 1. The van der Waals surface area contributed by atoms with Crippen LogP contribution >= 0.6 is 23.1 Å². The molecular weight excluding hydrogens is 376 g/mol. The SMILES string of the molecule is Cc1nnc(-c2cccc(NC(=O)C3CCN(C4CCSCC4)CC3)c2)s1. The summed E-state index contributed by atoms with van der Waals surface area (Å²) >= 11 is 3.64. The largest absolute Gasteiger partial charge is 0.326 e. The Morgan fingerprint density at radius 2 is 1.93 bits per heavy atom. The Morgan fingerprint density at radius 1 is 1.15 bits per heavy atom. The summed E-state index contributed by atoms with van der Waals surface area (Å²) in [6, 6.07) is 8.65. The third kappa shape index (κ3) is 4.70. The monoisotopic (exact) mass is 402 g/mol. The van der Waals surface area contributed by atoms with Crippen molar-refractivity contribution in [1.29, 1.82) is 0 Å². The number of anilines is 1. The van der Waals surface area contributed by atoms with Crippen molar-refractivity contribution in [3.63, 3.8) is 0 Å². The zero-order valence-corrected chi connectivity index (χ0v) is 17.3. The van der Waals surface area contributed by atoms with Crippen LogP contribution in [0.1, 0.15) is 30.7 Å². The Labute approximate surface area is 168 Å². The second-order valence-corrected chi connectivity index (χ2v) is 9.76. The quantitative estimate of drug-likeness (QED) is 0.836. The summed E-state index contributed by atoms with van der Waals surface area (Å²) in [6.45, 7) is 4.06. The number of rotatable bonds is 4. The van der Waals surface area contributed by atoms with E-state index in [2.05, 4.69) is 32.2 Å². The first-order valence-electron chi connectivity index (χ1n) is 9.72.